The molecular formula is C16H16N6O2. The number of aryl methyl sites for hydroxylation is 1. The van der Waals surface area contributed by atoms with Crippen molar-refractivity contribution in [1.29, 1.82) is 0 Å². The number of carbonyl (C=O) groups excluding carboxylic acids is 1. The number of amides is 1. The fraction of sp³-hybridized carbons (Fsp3) is 0.312. The lowest BCUT2D eigenvalue weighted by Crippen LogP contribution is -2.29. The Kier molecular flexibility index (Phi) is 3.56. The molecule has 1 unspecified atom stereocenters. The van der Waals surface area contributed by atoms with Crippen LogP contribution in [0.2, 0.25) is 0 Å². The molecule has 3 aromatic rings. The van der Waals surface area contributed by atoms with Crippen LogP contribution in [0.5, 0.6) is 0 Å². The lowest BCUT2D eigenvalue weighted by Gasteiger charge is -2.17. The zero-order valence-corrected chi connectivity index (χ0v) is 13.2. The maximum Gasteiger partial charge on any atom is 0.256 e. The minimum absolute atomic E-state index is 0.0279. The molecule has 0 bridgehead atoms. The van der Waals surface area contributed by atoms with Gasteiger partial charge in [-0.15, -0.1) is 5.10 Å². The van der Waals surface area contributed by atoms with Gasteiger partial charge in [0.25, 0.3) is 5.91 Å². The minimum Gasteiger partial charge on any atom is -0.339 e. The van der Waals surface area contributed by atoms with Crippen LogP contribution >= 0.6 is 0 Å². The van der Waals surface area contributed by atoms with Gasteiger partial charge in [-0.1, -0.05) is 22.5 Å². The molecule has 2 aromatic heterocycles. The summed E-state index contributed by atoms with van der Waals surface area (Å²) in [5.74, 6) is 1.28. The summed E-state index contributed by atoms with van der Waals surface area (Å²) in [6, 6.07) is 7.39. The molecule has 0 aliphatic carbocycles. The molecule has 1 aliphatic rings. The summed E-state index contributed by atoms with van der Waals surface area (Å²) in [6.07, 6.45) is 4.13. The number of carbonyl (C=O) groups is 1. The van der Waals surface area contributed by atoms with Crippen LogP contribution in [0.1, 0.15) is 34.4 Å². The van der Waals surface area contributed by atoms with E-state index in [1.807, 2.05) is 29.2 Å². The third-order valence-corrected chi connectivity index (χ3v) is 4.17. The highest BCUT2D eigenvalue weighted by Crippen LogP contribution is 2.28. The van der Waals surface area contributed by atoms with Crippen molar-refractivity contribution < 1.29 is 9.32 Å². The summed E-state index contributed by atoms with van der Waals surface area (Å²) in [7, 11) is 0. The first-order valence-electron chi connectivity index (χ1n) is 7.77. The van der Waals surface area contributed by atoms with Gasteiger partial charge in [0.2, 0.25) is 5.89 Å². The standard InChI is InChI=1S/C16H16N6O2/c1-11-18-15(24-19-11)12-6-8-21(10-12)16(23)13-4-2-3-5-14(13)22-9-7-17-20-22/h2-5,7,9,12H,6,8,10H2,1H3. The molecule has 1 aromatic carbocycles. The quantitative estimate of drug-likeness (QED) is 0.727. The molecule has 8 nitrogen and oxygen atoms in total. The molecule has 0 saturated carbocycles. The highest BCUT2D eigenvalue weighted by atomic mass is 16.5. The smallest absolute Gasteiger partial charge is 0.256 e. The van der Waals surface area contributed by atoms with E-state index < -0.39 is 0 Å². The van der Waals surface area contributed by atoms with Gasteiger partial charge in [0.05, 0.1) is 29.6 Å². The van der Waals surface area contributed by atoms with Crippen molar-refractivity contribution in [3.63, 3.8) is 0 Å². The van der Waals surface area contributed by atoms with Gasteiger partial charge in [0.15, 0.2) is 5.82 Å². The van der Waals surface area contributed by atoms with Crippen LogP contribution in [-0.2, 0) is 0 Å². The van der Waals surface area contributed by atoms with E-state index in [0.717, 1.165) is 12.1 Å². The second-order valence-electron chi connectivity index (χ2n) is 5.78. The van der Waals surface area contributed by atoms with Crippen LogP contribution < -0.4 is 0 Å². The van der Waals surface area contributed by atoms with Gasteiger partial charge in [0, 0.05) is 13.1 Å². The number of para-hydroxylation sites is 1. The molecule has 4 rings (SSSR count). The molecular weight excluding hydrogens is 308 g/mol. The highest BCUT2D eigenvalue weighted by Gasteiger charge is 2.32. The van der Waals surface area contributed by atoms with E-state index in [1.165, 1.54) is 0 Å². The first-order valence-corrected chi connectivity index (χ1v) is 7.77. The van der Waals surface area contributed by atoms with Crippen LogP contribution in [0.3, 0.4) is 0 Å². The van der Waals surface area contributed by atoms with Crippen LogP contribution in [0.25, 0.3) is 5.69 Å². The molecule has 24 heavy (non-hydrogen) atoms. The number of benzene rings is 1. The second kappa shape index (κ2) is 5.88. The van der Waals surface area contributed by atoms with Crippen LogP contribution in [0.15, 0.2) is 41.2 Å². The Labute approximate surface area is 138 Å². The lowest BCUT2D eigenvalue weighted by molar-refractivity contribution is 0.0789. The number of aromatic nitrogens is 5. The minimum atomic E-state index is -0.0279. The average molecular weight is 324 g/mol. The van der Waals surface area contributed by atoms with E-state index in [9.17, 15) is 4.79 Å². The second-order valence-corrected chi connectivity index (χ2v) is 5.78. The Morgan fingerprint density at radius 1 is 1.33 bits per heavy atom. The third kappa shape index (κ3) is 2.55. The lowest BCUT2D eigenvalue weighted by atomic mass is 10.1. The highest BCUT2D eigenvalue weighted by molar-refractivity contribution is 5.98. The van der Waals surface area contributed by atoms with Crippen molar-refractivity contribution in [3.8, 4) is 5.69 Å². The fourth-order valence-electron chi connectivity index (χ4n) is 2.99. The van der Waals surface area contributed by atoms with Gasteiger partial charge in [-0.05, 0) is 25.5 Å². The summed E-state index contributed by atoms with van der Waals surface area (Å²) < 4.78 is 6.84. The molecule has 0 radical (unpaired) electrons. The van der Waals surface area contributed by atoms with Crippen molar-refractivity contribution in [2.24, 2.45) is 0 Å². The molecule has 1 amide bonds. The van der Waals surface area contributed by atoms with Gasteiger partial charge in [0.1, 0.15) is 0 Å². The molecule has 122 valence electrons. The van der Waals surface area contributed by atoms with Gasteiger partial charge in [-0.2, -0.15) is 4.98 Å². The summed E-state index contributed by atoms with van der Waals surface area (Å²) in [6.45, 7) is 3.03. The SMILES string of the molecule is Cc1noc(C2CCN(C(=O)c3ccccc3-n3ccnn3)C2)n1. The molecule has 1 fully saturated rings. The summed E-state index contributed by atoms with van der Waals surface area (Å²) in [5.41, 5.74) is 1.32. The zero-order chi connectivity index (χ0) is 16.5. The third-order valence-electron chi connectivity index (χ3n) is 4.17. The van der Waals surface area contributed by atoms with Crippen LogP contribution in [0, 0.1) is 6.92 Å². The Balaban J connectivity index is 1.57. The monoisotopic (exact) mass is 324 g/mol. The van der Waals surface area contributed by atoms with E-state index in [1.54, 1.807) is 24.0 Å². The number of nitrogens with zero attached hydrogens (tertiary/aromatic N) is 6. The Morgan fingerprint density at radius 2 is 2.21 bits per heavy atom. The predicted octanol–water partition coefficient (Wildman–Crippen LogP) is 1.59. The van der Waals surface area contributed by atoms with E-state index in [2.05, 4.69) is 20.5 Å². The molecule has 1 aliphatic heterocycles. The number of rotatable bonds is 3. The summed E-state index contributed by atoms with van der Waals surface area (Å²) in [4.78, 5) is 19.0. The first kappa shape index (κ1) is 14.6. The van der Waals surface area contributed by atoms with Crippen LogP contribution in [-0.4, -0.2) is 49.0 Å². The molecule has 1 atom stereocenters. The Bertz CT molecular complexity index is 857. The van der Waals surface area contributed by atoms with E-state index in [0.29, 0.717) is 30.4 Å². The Morgan fingerprint density at radius 3 is 2.96 bits per heavy atom. The van der Waals surface area contributed by atoms with Gasteiger partial charge in [-0.25, -0.2) is 4.68 Å². The summed E-state index contributed by atoms with van der Waals surface area (Å²) >= 11 is 0. The van der Waals surface area contributed by atoms with Crippen molar-refractivity contribution in [2.75, 3.05) is 13.1 Å². The number of hydrogen-bond acceptors (Lipinski definition) is 6. The largest absolute Gasteiger partial charge is 0.339 e. The van der Waals surface area contributed by atoms with E-state index in [-0.39, 0.29) is 11.8 Å². The summed E-state index contributed by atoms with van der Waals surface area (Å²) in [5, 5.41) is 11.6. The predicted molar refractivity (Wildman–Crippen MR) is 83.7 cm³/mol. The molecule has 0 spiro atoms. The number of likely N-dealkylation sites (tertiary alicyclic amines) is 1. The number of hydrogen-bond donors (Lipinski definition) is 0. The molecule has 8 heteroatoms. The van der Waals surface area contributed by atoms with E-state index in [4.69, 9.17) is 4.52 Å². The zero-order valence-electron chi connectivity index (χ0n) is 13.2. The molecule has 3 heterocycles. The van der Waals surface area contributed by atoms with Gasteiger partial charge < -0.3 is 9.42 Å². The van der Waals surface area contributed by atoms with Crippen molar-refractivity contribution in [1.82, 2.24) is 30.0 Å². The van der Waals surface area contributed by atoms with Gasteiger partial charge in [-0.3, -0.25) is 4.79 Å². The Hall–Kier alpha value is -3.03. The molecule has 1 saturated heterocycles. The van der Waals surface area contributed by atoms with E-state index >= 15 is 0 Å². The maximum atomic E-state index is 12.9. The average Bonchev–Trinajstić information content (AvgIpc) is 3.35. The van der Waals surface area contributed by atoms with Crippen LogP contribution in [0.4, 0.5) is 0 Å². The van der Waals surface area contributed by atoms with Crippen molar-refractivity contribution >= 4 is 5.91 Å². The first-order chi connectivity index (χ1) is 11.7. The maximum absolute atomic E-state index is 12.9. The topological polar surface area (TPSA) is 89.9 Å². The van der Waals surface area contributed by atoms with Crippen molar-refractivity contribution in [2.45, 2.75) is 19.3 Å². The fourth-order valence-corrected chi connectivity index (χ4v) is 2.99. The normalized spacial score (nSPS) is 17.4. The van der Waals surface area contributed by atoms with Gasteiger partial charge >= 0.3 is 0 Å². The van der Waals surface area contributed by atoms with Crippen molar-refractivity contribution in [3.05, 3.63) is 53.9 Å². The molecule has 0 N–H and O–H groups in total.